The summed E-state index contributed by atoms with van der Waals surface area (Å²) in [4.78, 5) is 6.40. The summed E-state index contributed by atoms with van der Waals surface area (Å²) in [6, 6.07) is 5.24. The minimum absolute atomic E-state index is 0.0228. The van der Waals surface area contributed by atoms with Gasteiger partial charge in [0, 0.05) is 36.2 Å². The van der Waals surface area contributed by atoms with Crippen LogP contribution in [0.15, 0.2) is 42.0 Å². The molecule has 1 aromatic carbocycles. The lowest BCUT2D eigenvalue weighted by molar-refractivity contribution is -0.266. The zero-order valence-corrected chi connectivity index (χ0v) is 16.7. The van der Waals surface area contributed by atoms with Crippen LogP contribution in [0.1, 0.15) is 29.9 Å². The van der Waals surface area contributed by atoms with Crippen molar-refractivity contribution >= 4 is 11.5 Å². The van der Waals surface area contributed by atoms with Crippen LogP contribution < -0.4 is 0 Å². The summed E-state index contributed by atoms with van der Waals surface area (Å²) < 4.78 is 84.9. The fourth-order valence-corrected chi connectivity index (χ4v) is 4.08. The number of aromatic amines is 1. The molecule has 1 aliphatic carbocycles. The Morgan fingerprint density at radius 3 is 2.23 bits per heavy atom. The summed E-state index contributed by atoms with van der Waals surface area (Å²) in [7, 11) is 0. The Balaban J connectivity index is 1.57. The third-order valence-electron chi connectivity index (χ3n) is 5.68. The van der Waals surface area contributed by atoms with E-state index in [4.69, 9.17) is 0 Å². The minimum atomic E-state index is -5.03. The van der Waals surface area contributed by atoms with E-state index in [2.05, 4.69) is 14.3 Å². The molecule has 11 heteroatoms. The number of imidazole rings is 1. The molecule has 0 saturated heterocycles. The molecule has 1 fully saturated rings. The minimum Gasteiger partial charge on any atom is -0.376 e. The molecular weight excluding hydrogens is 444 g/mol. The van der Waals surface area contributed by atoms with Crippen LogP contribution in [0.25, 0.3) is 11.1 Å². The van der Waals surface area contributed by atoms with Crippen LogP contribution in [-0.4, -0.2) is 31.8 Å². The molecule has 2 heterocycles. The zero-order chi connectivity index (χ0) is 22.5. The van der Waals surface area contributed by atoms with Gasteiger partial charge in [-0.05, 0) is 35.5 Å². The van der Waals surface area contributed by atoms with E-state index in [-0.39, 0.29) is 29.9 Å². The Hall–Kier alpha value is -2.40. The van der Waals surface area contributed by atoms with Gasteiger partial charge in [-0.15, -0.1) is 0 Å². The average Bonchev–Trinajstić information content (AvgIpc) is 3.09. The molecule has 0 amide bonds. The van der Waals surface area contributed by atoms with Crippen LogP contribution in [0, 0.1) is 5.41 Å². The molecule has 1 atom stereocenters. The van der Waals surface area contributed by atoms with Crippen molar-refractivity contribution in [3.05, 3.63) is 59.1 Å². The first-order valence-corrected chi connectivity index (χ1v) is 10.2. The molecule has 4 rings (SSSR count). The maximum absolute atomic E-state index is 13.8. The van der Waals surface area contributed by atoms with Crippen LogP contribution in [0.4, 0.5) is 26.3 Å². The van der Waals surface area contributed by atoms with E-state index in [1.165, 1.54) is 42.0 Å². The van der Waals surface area contributed by atoms with Crippen molar-refractivity contribution in [1.29, 1.82) is 0 Å². The molecular formula is C20H17F6N3OS. The Morgan fingerprint density at radius 1 is 1.03 bits per heavy atom. The van der Waals surface area contributed by atoms with Gasteiger partial charge in [0.05, 0.1) is 11.1 Å². The molecule has 31 heavy (non-hydrogen) atoms. The molecule has 1 saturated carbocycles. The third kappa shape index (κ3) is 4.08. The van der Waals surface area contributed by atoms with Gasteiger partial charge < -0.3 is 10.1 Å². The van der Waals surface area contributed by atoms with E-state index in [1.54, 1.807) is 11.6 Å². The number of aliphatic hydroxyl groups is 1. The number of halogens is 6. The van der Waals surface area contributed by atoms with Crippen LogP contribution in [0.5, 0.6) is 0 Å². The summed E-state index contributed by atoms with van der Waals surface area (Å²) in [5.41, 5.74) is -4.10. The topological polar surface area (TPSA) is 61.8 Å². The smallest absolute Gasteiger partial charge is 0.376 e. The maximum Gasteiger partial charge on any atom is 0.421 e. The number of nitrogens with one attached hydrogen (secondary N) is 1. The van der Waals surface area contributed by atoms with Gasteiger partial charge in [0.2, 0.25) is 0 Å². The largest absolute Gasteiger partial charge is 0.421 e. The summed E-state index contributed by atoms with van der Waals surface area (Å²) in [5.74, 6) is -0.237. The Labute approximate surface area is 177 Å². The lowest BCUT2D eigenvalue weighted by Crippen LogP contribution is -2.44. The second-order valence-electron chi connectivity index (χ2n) is 7.82. The summed E-state index contributed by atoms with van der Waals surface area (Å²) in [5, 5.41) is 12.3. The van der Waals surface area contributed by atoms with E-state index in [0.717, 1.165) is 5.56 Å². The van der Waals surface area contributed by atoms with E-state index < -0.39 is 36.2 Å². The molecule has 0 bridgehead atoms. The molecule has 4 nitrogen and oxygen atoms in total. The number of hydrogen-bond acceptors (Lipinski definition) is 4. The van der Waals surface area contributed by atoms with Crippen molar-refractivity contribution in [2.75, 3.05) is 0 Å². The highest BCUT2D eigenvalue weighted by molar-refractivity contribution is 7.03. The van der Waals surface area contributed by atoms with Crippen molar-refractivity contribution in [3.63, 3.8) is 0 Å². The van der Waals surface area contributed by atoms with Crippen molar-refractivity contribution in [2.45, 2.75) is 43.6 Å². The first-order valence-electron chi connectivity index (χ1n) is 9.33. The number of rotatable bonds is 6. The van der Waals surface area contributed by atoms with Crippen molar-refractivity contribution in [2.24, 2.45) is 5.41 Å². The Morgan fingerprint density at radius 2 is 1.71 bits per heavy atom. The maximum atomic E-state index is 13.8. The van der Waals surface area contributed by atoms with Crippen LogP contribution >= 0.6 is 11.5 Å². The second kappa shape index (κ2) is 7.33. The van der Waals surface area contributed by atoms with E-state index >= 15 is 0 Å². The summed E-state index contributed by atoms with van der Waals surface area (Å²) in [6.07, 6.45) is -8.09. The molecule has 0 aliphatic heterocycles. The highest BCUT2D eigenvalue weighted by atomic mass is 32.1. The first-order chi connectivity index (χ1) is 14.4. The number of H-pyrrole nitrogens is 1. The van der Waals surface area contributed by atoms with Crippen LogP contribution in [0.2, 0.25) is 0 Å². The lowest BCUT2D eigenvalue weighted by atomic mass is 9.88. The Kier molecular flexibility index (Phi) is 5.16. The predicted octanol–water partition coefficient (Wildman–Crippen LogP) is 5.41. The monoisotopic (exact) mass is 461 g/mol. The standard InChI is InChI=1S/C20H17F6N3OS/c21-19(22,23)17(5-6-17)7-15-10-27-16(29-15)8-18(30,20(24,25)26)14-3-1-12(2-4-14)13-9-28-31-11-13/h1-4,9-11,30H,5-8H2,(H,27,29). The number of aromatic nitrogens is 3. The molecule has 0 spiro atoms. The molecule has 166 valence electrons. The van der Waals surface area contributed by atoms with Gasteiger partial charge in [-0.25, -0.2) is 9.36 Å². The molecule has 1 aliphatic rings. The molecule has 0 radical (unpaired) electrons. The van der Waals surface area contributed by atoms with E-state index in [0.29, 0.717) is 5.56 Å². The highest BCUT2D eigenvalue weighted by Crippen LogP contribution is 2.59. The predicted molar refractivity (Wildman–Crippen MR) is 101 cm³/mol. The molecule has 1 unspecified atom stereocenters. The van der Waals surface area contributed by atoms with Crippen LogP contribution in [0.3, 0.4) is 0 Å². The second-order valence-corrected chi connectivity index (χ2v) is 8.48. The van der Waals surface area contributed by atoms with Gasteiger partial charge in [-0.2, -0.15) is 26.3 Å². The van der Waals surface area contributed by atoms with E-state index in [1.807, 2.05) is 0 Å². The van der Waals surface area contributed by atoms with Gasteiger partial charge in [0.15, 0.2) is 5.60 Å². The van der Waals surface area contributed by atoms with Gasteiger partial charge >= 0.3 is 12.4 Å². The van der Waals surface area contributed by atoms with E-state index in [9.17, 15) is 31.4 Å². The van der Waals surface area contributed by atoms with Crippen molar-refractivity contribution in [1.82, 2.24) is 14.3 Å². The molecule has 2 N–H and O–H groups in total. The van der Waals surface area contributed by atoms with Gasteiger partial charge in [0.25, 0.3) is 0 Å². The molecule has 3 aromatic rings. The van der Waals surface area contributed by atoms with Crippen molar-refractivity contribution < 1.29 is 31.4 Å². The Bertz CT molecular complexity index is 1040. The van der Waals surface area contributed by atoms with Crippen LogP contribution in [-0.2, 0) is 18.4 Å². The quantitative estimate of drug-likeness (QED) is 0.483. The first kappa shape index (κ1) is 21.8. The summed E-state index contributed by atoms with van der Waals surface area (Å²) >= 11 is 1.20. The number of alkyl halides is 6. The van der Waals surface area contributed by atoms with Gasteiger partial charge in [-0.1, -0.05) is 24.3 Å². The summed E-state index contributed by atoms with van der Waals surface area (Å²) in [6.45, 7) is 0. The highest BCUT2D eigenvalue weighted by Gasteiger charge is 2.63. The van der Waals surface area contributed by atoms with Gasteiger partial charge in [-0.3, -0.25) is 0 Å². The fourth-order valence-electron chi connectivity index (χ4n) is 3.54. The number of nitrogens with zero attached hydrogens (tertiary/aromatic N) is 2. The lowest BCUT2D eigenvalue weighted by Gasteiger charge is -2.30. The normalized spacial score (nSPS) is 18.0. The SMILES string of the molecule is OC(Cc1nc(CC2(C(F)(F)F)CC2)c[nH]1)(c1ccc(-c2cnsc2)cc1)C(F)(F)F. The fraction of sp³-hybridized carbons (Fsp3) is 0.400. The third-order valence-corrected chi connectivity index (χ3v) is 6.27. The number of benzene rings is 1. The molecule has 2 aromatic heterocycles. The zero-order valence-electron chi connectivity index (χ0n) is 15.9. The van der Waals surface area contributed by atoms with Gasteiger partial charge in [0.1, 0.15) is 5.82 Å². The number of hydrogen-bond donors (Lipinski definition) is 2. The van der Waals surface area contributed by atoms with Crippen molar-refractivity contribution in [3.8, 4) is 11.1 Å². The average molecular weight is 461 g/mol.